The molecule has 2 N–H and O–H groups in total. The van der Waals surface area contributed by atoms with Crippen molar-refractivity contribution in [3.63, 3.8) is 0 Å². The standard InChI is InChI=1S/C19H15NO4S/c21-19(22)17-12-11-15(14-7-3-1-4-8-14)13-18(17)20-25(23,24)16-9-5-2-6-10-16/h1-13,20H,(H,21,22). The van der Waals surface area contributed by atoms with Gasteiger partial charge in [0.1, 0.15) is 0 Å². The Morgan fingerprint density at radius 3 is 2.00 bits per heavy atom. The van der Waals surface area contributed by atoms with Gasteiger partial charge < -0.3 is 5.11 Å². The van der Waals surface area contributed by atoms with E-state index in [9.17, 15) is 18.3 Å². The summed E-state index contributed by atoms with van der Waals surface area (Å²) in [6, 6.07) is 21.7. The first kappa shape index (κ1) is 16.7. The van der Waals surface area contributed by atoms with Gasteiger partial charge in [-0.3, -0.25) is 4.72 Å². The van der Waals surface area contributed by atoms with Crippen molar-refractivity contribution >= 4 is 21.7 Å². The molecule has 0 heterocycles. The zero-order chi connectivity index (χ0) is 17.9. The molecule has 0 aliphatic carbocycles. The van der Waals surface area contributed by atoms with Crippen LogP contribution in [0.25, 0.3) is 11.1 Å². The fourth-order valence-corrected chi connectivity index (χ4v) is 3.52. The number of carbonyl (C=O) groups is 1. The van der Waals surface area contributed by atoms with E-state index in [0.717, 1.165) is 11.1 Å². The molecule has 0 aliphatic heterocycles. The molecule has 3 aromatic carbocycles. The number of nitrogens with one attached hydrogen (secondary N) is 1. The van der Waals surface area contributed by atoms with E-state index < -0.39 is 16.0 Å². The van der Waals surface area contributed by atoms with E-state index in [0.29, 0.717) is 0 Å². The Morgan fingerprint density at radius 1 is 0.800 bits per heavy atom. The molecule has 0 saturated carbocycles. The molecule has 25 heavy (non-hydrogen) atoms. The van der Waals surface area contributed by atoms with Crippen LogP contribution in [-0.2, 0) is 10.0 Å². The summed E-state index contributed by atoms with van der Waals surface area (Å²) >= 11 is 0. The number of benzene rings is 3. The lowest BCUT2D eigenvalue weighted by molar-refractivity contribution is 0.0698. The van der Waals surface area contributed by atoms with Crippen LogP contribution < -0.4 is 4.72 Å². The monoisotopic (exact) mass is 353 g/mol. The van der Waals surface area contributed by atoms with Crippen molar-refractivity contribution in [1.29, 1.82) is 0 Å². The molecular formula is C19H15NO4S. The Kier molecular flexibility index (Phi) is 4.54. The van der Waals surface area contributed by atoms with Gasteiger partial charge >= 0.3 is 5.97 Å². The number of hydrogen-bond acceptors (Lipinski definition) is 3. The average molecular weight is 353 g/mol. The minimum Gasteiger partial charge on any atom is -0.478 e. The minimum absolute atomic E-state index is 0.0257. The van der Waals surface area contributed by atoms with Crippen molar-refractivity contribution in [1.82, 2.24) is 0 Å². The second-order valence-electron chi connectivity index (χ2n) is 5.35. The Balaban J connectivity index is 2.06. The third kappa shape index (κ3) is 3.70. The number of carboxylic acids is 1. The summed E-state index contributed by atoms with van der Waals surface area (Å²) < 4.78 is 27.4. The molecule has 0 saturated heterocycles. The van der Waals surface area contributed by atoms with E-state index in [4.69, 9.17) is 0 Å². The van der Waals surface area contributed by atoms with Gasteiger partial charge in [0.05, 0.1) is 16.1 Å². The molecule has 0 bridgehead atoms. The highest BCUT2D eigenvalue weighted by atomic mass is 32.2. The third-order valence-electron chi connectivity index (χ3n) is 3.65. The topological polar surface area (TPSA) is 83.5 Å². The molecule has 0 atom stereocenters. The van der Waals surface area contributed by atoms with E-state index in [-0.39, 0.29) is 16.1 Å². The highest BCUT2D eigenvalue weighted by molar-refractivity contribution is 7.92. The molecule has 0 radical (unpaired) electrons. The first-order chi connectivity index (χ1) is 12.0. The highest BCUT2D eigenvalue weighted by Gasteiger charge is 2.19. The predicted octanol–water partition coefficient (Wildman–Crippen LogP) is 3.85. The second kappa shape index (κ2) is 6.78. The fourth-order valence-electron chi connectivity index (χ4n) is 2.43. The van der Waals surface area contributed by atoms with Gasteiger partial charge in [0.2, 0.25) is 0 Å². The molecule has 0 spiro atoms. The van der Waals surface area contributed by atoms with Crippen molar-refractivity contribution in [2.45, 2.75) is 4.90 Å². The third-order valence-corrected chi connectivity index (χ3v) is 5.04. The normalized spacial score (nSPS) is 11.0. The summed E-state index contributed by atoms with van der Waals surface area (Å²) in [4.78, 5) is 11.5. The summed E-state index contributed by atoms with van der Waals surface area (Å²) in [5.41, 5.74) is 1.49. The van der Waals surface area contributed by atoms with Gasteiger partial charge in [-0.05, 0) is 35.4 Å². The quantitative estimate of drug-likeness (QED) is 0.730. The zero-order valence-corrected chi connectivity index (χ0v) is 13.9. The van der Waals surface area contributed by atoms with E-state index in [1.165, 1.54) is 24.3 Å². The van der Waals surface area contributed by atoms with E-state index in [2.05, 4.69) is 4.72 Å². The maximum atomic E-state index is 12.5. The number of sulfonamides is 1. The van der Waals surface area contributed by atoms with Gasteiger partial charge in [-0.2, -0.15) is 0 Å². The number of rotatable bonds is 5. The first-order valence-electron chi connectivity index (χ1n) is 7.48. The summed E-state index contributed by atoms with van der Waals surface area (Å²) in [5.74, 6) is -1.20. The van der Waals surface area contributed by atoms with Crippen molar-refractivity contribution in [2.75, 3.05) is 4.72 Å². The number of carboxylic acid groups (broad SMARTS) is 1. The van der Waals surface area contributed by atoms with Gasteiger partial charge in [-0.25, -0.2) is 13.2 Å². The van der Waals surface area contributed by atoms with E-state index in [1.54, 1.807) is 24.3 Å². The van der Waals surface area contributed by atoms with Crippen molar-refractivity contribution in [3.05, 3.63) is 84.4 Å². The van der Waals surface area contributed by atoms with Crippen LogP contribution in [-0.4, -0.2) is 19.5 Å². The SMILES string of the molecule is O=C(O)c1ccc(-c2ccccc2)cc1NS(=O)(=O)c1ccccc1. The molecule has 3 rings (SSSR count). The van der Waals surface area contributed by atoms with Gasteiger partial charge in [0.25, 0.3) is 10.0 Å². The number of hydrogen-bond donors (Lipinski definition) is 2. The molecule has 5 nitrogen and oxygen atoms in total. The highest BCUT2D eigenvalue weighted by Crippen LogP contribution is 2.27. The summed E-state index contributed by atoms with van der Waals surface area (Å²) in [7, 11) is -3.88. The number of aromatic carboxylic acids is 1. The lowest BCUT2D eigenvalue weighted by Crippen LogP contribution is -2.15. The van der Waals surface area contributed by atoms with Gasteiger partial charge in [-0.1, -0.05) is 54.6 Å². The Hall–Kier alpha value is -3.12. The summed E-state index contributed by atoms with van der Waals surface area (Å²) in [6.07, 6.45) is 0. The molecule has 0 amide bonds. The van der Waals surface area contributed by atoms with Crippen LogP contribution in [0, 0.1) is 0 Å². The zero-order valence-electron chi connectivity index (χ0n) is 13.1. The van der Waals surface area contributed by atoms with Crippen LogP contribution in [0.1, 0.15) is 10.4 Å². The Morgan fingerprint density at radius 2 is 1.40 bits per heavy atom. The molecule has 0 aliphatic rings. The smallest absolute Gasteiger partial charge is 0.337 e. The van der Waals surface area contributed by atoms with Crippen LogP contribution in [0.4, 0.5) is 5.69 Å². The molecular weight excluding hydrogens is 338 g/mol. The van der Waals surface area contributed by atoms with E-state index in [1.807, 2.05) is 30.3 Å². The maximum absolute atomic E-state index is 12.5. The Labute approximate surface area is 145 Å². The van der Waals surface area contributed by atoms with Crippen LogP contribution in [0.15, 0.2) is 83.8 Å². The predicted molar refractivity (Wildman–Crippen MR) is 96.1 cm³/mol. The molecule has 0 fully saturated rings. The lowest BCUT2D eigenvalue weighted by atomic mass is 10.0. The summed E-state index contributed by atoms with van der Waals surface area (Å²) in [5, 5.41) is 9.36. The van der Waals surface area contributed by atoms with Gasteiger partial charge in [0.15, 0.2) is 0 Å². The van der Waals surface area contributed by atoms with Crippen molar-refractivity contribution in [2.24, 2.45) is 0 Å². The van der Waals surface area contributed by atoms with Crippen LogP contribution >= 0.6 is 0 Å². The average Bonchev–Trinajstić information content (AvgIpc) is 2.62. The lowest BCUT2D eigenvalue weighted by Gasteiger charge is -2.12. The minimum atomic E-state index is -3.88. The van der Waals surface area contributed by atoms with Crippen molar-refractivity contribution < 1.29 is 18.3 Å². The van der Waals surface area contributed by atoms with E-state index >= 15 is 0 Å². The molecule has 3 aromatic rings. The largest absolute Gasteiger partial charge is 0.478 e. The molecule has 0 aromatic heterocycles. The van der Waals surface area contributed by atoms with Gasteiger partial charge in [-0.15, -0.1) is 0 Å². The van der Waals surface area contributed by atoms with Gasteiger partial charge in [0, 0.05) is 0 Å². The molecule has 0 unspecified atom stereocenters. The Bertz CT molecular complexity index is 1000. The molecule has 126 valence electrons. The second-order valence-corrected chi connectivity index (χ2v) is 7.03. The molecule has 6 heteroatoms. The van der Waals surface area contributed by atoms with Crippen molar-refractivity contribution in [3.8, 4) is 11.1 Å². The number of anilines is 1. The van der Waals surface area contributed by atoms with Crippen LogP contribution in [0.3, 0.4) is 0 Å². The summed E-state index contributed by atoms with van der Waals surface area (Å²) in [6.45, 7) is 0. The fraction of sp³-hybridized carbons (Fsp3) is 0. The van der Waals surface area contributed by atoms with Crippen LogP contribution in [0.2, 0.25) is 0 Å². The first-order valence-corrected chi connectivity index (χ1v) is 8.96. The maximum Gasteiger partial charge on any atom is 0.337 e. The van der Waals surface area contributed by atoms with Crippen LogP contribution in [0.5, 0.6) is 0 Å².